The van der Waals surface area contributed by atoms with Gasteiger partial charge in [0.05, 0.1) is 34.4 Å². The van der Waals surface area contributed by atoms with E-state index in [0.717, 1.165) is 6.07 Å². The van der Waals surface area contributed by atoms with Crippen molar-refractivity contribution in [1.82, 2.24) is 21.3 Å². The summed E-state index contributed by atoms with van der Waals surface area (Å²) < 4.78 is 74.2. The Bertz CT molecular complexity index is 1870. The van der Waals surface area contributed by atoms with Crippen LogP contribution in [0.25, 0.3) is 0 Å². The molecule has 0 aromatic heterocycles. The summed E-state index contributed by atoms with van der Waals surface area (Å²) in [5.41, 5.74) is -0.0522. The van der Waals surface area contributed by atoms with Gasteiger partial charge in [-0.1, -0.05) is 0 Å². The number of rotatable bonds is 12. The standard InChI is InChI=1S/C26H32N12O8S4.2Na/c39-7-11-47-9-5-27-21-33-23-29-15-1-2-16(4-3-15)30-24-34-22(28-6-10-48-12-8-40)36-26(38-24)32-18-13-17(31-25(35-21)37-23)19(49(41,42)43)14-20(18)50(44,45)46;;/h1-4,13-14,39-40H,5-12H2,(H,41,42,43)(H,44,45,46)(H3,27,29,31,33,35,37)(H3,28,30,32,34,36,38);;/q;2*+1/p-2. The number of aliphatic hydroxyl groups excluding tert-OH is 2. The van der Waals surface area contributed by atoms with Gasteiger partial charge in [-0.3, -0.25) is 10.6 Å². The van der Waals surface area contributed by atoms with Gasteiger partial charge in [-0.05, 0) is 36.4 Å². The second kappa shape index (κ2) is 20.4. The Balaban J connectivity index is 0.00000364. The molecule has 0 aliphatic carbocycles. The fourth-order valence-corrected chi connectivity index (χ4v) is 6.70. The predicted octanol–water partition coefficient (Wildman–Crippen LogP) is -6.72. The number of hydrogen-bond donors (Lipinski definition) is 8. The van der Waals surface area contributed by atoms with Crippen molar-refractivity contribution in [2.75, 3.05) is 59.9 Å². The normalized spacial score (nSPS) is 15.1. The minimum Gasteiger partial charge on any atom is -0.744 e. The quantitative estimate of drug-likeness (QED) is 0.0561. The van der Waals surface area contributed by atoms with Crippen molar-refractivity contribution in [3.63, 3.8) is 0 Å². The molecule has 4 aliphatic heterocycles. The summed E-state index contributed by atoms with van der Waals surface area (Å²) in [5, 5.41) is 35.8. The first-order chi connectivity index (χ1) is 23.9. The Kier molecular flexibility index (Phi) is 17.3. The van der Waals surface area contributed by atoms with E-state index in [9.17, 15) is 25.9 Å². The summed E-state index contributed by atoms with van der Waals surface area (Å²) in [6, 6.07) is 8.09. The number of hydrogen-bond acceptors (Lipinski definition) is 22. The summed E-state index contributed by atoms with van der Waals surface area (Å²) in [4.78, 5) is 23.5. The van der Waals surface area contributed by atoms with Crippen LogP contribution < -0.4 is 91.0 Å². The Morgan fingerprint density at radius 1 is 0.596 bits per heavy atom. The third-order valence-electron chi connectivity index (χ3n) is 6.29. The van der Waals surface area contributed by atoms with Gasteiger partial charge in [-0.2, -0.15) is 43.5 Å². The molecule has 0 atom stereocenters. The van der Waals surface area contributed by atoms with E-state index in [2.05, 4.69) is 61.9 Å². The molecule has 8 bridgehead atoms. The second-order valence-electron chi connectivity index (χ2n) is 9.96. The molecule has 0 saturated heterocycles. The van der Waals surface area contributed by atoms with Gasteiger partial charge in [0, 0.05) is 47.5 Å². The third kappa shape index (κ3) is 12.9. The number of nitrogens with zero attached hydrogens (tertiary/aromatic N) is 6. The zero-order valence-electron chi connectivity index (χ0n) is 27.8. The Morgan fingerprint density at radius 3 is 1.37 bits per heavy atom. The van der Waals surface area contributed by atoms with Gasteiger partial charge >= 0.3 is 59.1 Å². The molecule has 0 fully saturated rings. The van der Waals surface area contributed by atoms with Crippen molar-refractivity contribution in [1.29, 1.82) is 0 Å². The van der Waals surface area contributed by atoms with Gasteiger partial charge in [0.15, 0.2) is 0 Å². The summed E-state index contributed by atoms with van der Waals surface area (Å²) in [7, 11) is -10.8. The minimum atomic E-state index is -5.41. The topological polar surface area (TPSA) is 301 Å². The molecular formula is C26H30N12Na2O8S4. The van der Waals surface area contributed by atoms with Gasteiger partial charge < -0.3 is 40.6 Å². The molecule has 0 amide bonds. The molecule has 8 N–H and O–H groups in total. The fraction of sp³-hybridized carbons (Fsp3) is 0.308. The summed E-state index contributed by atoms with van der Waals surface area (Å²) in [6.45, 7) is 0.776. The smallest absolute Gasteiger partial charge is 0.744 e. The molecule has 2 aromatic rings. The minimum absolute atomic E-state index is 0. The van der Waals surface area contributed by atoms with Gasteiger partial charge in [0.2, 0.25) is 35.8 Å². The van der Waals surface area contributed by atoms with Crippen LogP contribution in [0.4, 0.5) is 22.7 Å². The van der Waals surface area contributed by atoms with Crippen molar-refractivity contribution in [2.24, 2.45) is 30.0 Å². The van der Waals surface area contributed by atoms with Crippen LogP contribution in [0.2, 0.25) is 0 Å². The number of thioether (sulfide) groups is 2. The van der Waals surface area contributed by atoms with Gasteiger partial charge in [0.25, 0.3) is 0 Å². The van der Waals surface area contributed by atoms with E-state index in [1.807, 2.05) is 0 Å². The van der Waals surface area contributed by atoms with Crippen molar-refractivity contribution < 1.29 is 95.3 Å². The molecule has 0 spiro atoms. The van der Waals surface area contributed by atoms with Crippen LogP contribution in [-0.4, -0.2) is 121 Å². The molecule has 26 heteroatoms. The van der Waals surface area contributed by atoms with Gasteiger partial charge in [-0.25, -0.2) is 26.8 Å². The second-order valence-corrected chi connectivity index (χ2v) is 15.1. The Labute approximate surface area is 351 Å². The van der Waals surface area contributed by atoms with E-state index in [-0.39, 0.29) is 108 Å². The SMILES string of the molecule is O=S(=O)([O-])c1cc(S(=O)(=O)[O-])c2cc1N=C1N=C(NCCSCCO)N=C(N1)Nc1ccc(cc1)NC1=NC(NCCSCCO)=NC(=N2)N1.[Na+].[Na+]. The first-order valence-corrected chi connectivity index (χ1v) is 19.7. The zero-order chi connectivity index (χ0) is 35.7. The van der Waals surface area contributed by atoms with Gasteiger partial charge in [-0.15, -0.1) is 0 Å². The van der Waals surface area contributed by atoms with Crippen molar-refractivity contribution in [3.05, 3.63) is 36.4 Å². The molecular weight excluding hydrogens is 783 g/mol. The molecule has 268 valence electrons. The molecule has 0 unspecified atom stereocenters. The van der Waals surface area contributed by atoms with Crippen LogP contribution >= 0.6 is 23.5 Å². The first-order valence-electron chi connectivity index (χ1n) is 14.6. The number of aliphatic imine (C=N–C) groups is 6. The zero-order valence-corrected chi connectivity index (χ0v) is 35.0. The van der Waals surface area contributed by atoms with Crippen LogP contribution in [0.1, 0.15) is 0 Å². The first kappa shape index (κ1) is 44.1. The number of fused-ring (bicyclic) bond motifs is 2. The maximum Gasteiger partial charge on any atom is 1.00 e. The van der Waals surface area contributed by atoms with E-state index < -0.39 is 41.4 Å². The molecule has 4 aliphatic rings. The van der Waals surface area contributed by atoms with Crippen molar-refractivity contribution in [2.45, 2.75) is 9.79 Å². The van der Waals surface area contributed by atoms with Crippen LogP contribution in [0, 0.1) is 0 Å². The molecule has 0 saturated carbocycles. The van der Waals surface area contributed by atoms with Crippen molar-refractivity contribution >= 4 is 102 Å². The van der Waals surface area contributed by atoms with E-state index in [1.54, 1.807) is 24.3 Å². The van der Waals surface area contributed by atoms with E-state index in [0.29, 0.717) is 53.5 Å². The van der Waals surface area contributed by atoms with Gasteiger partial charge in [0.1, 0.15) is 20.2 Å². The monoisotopic (exact) mass is 812 g/mol. The Hall–Kier alpha value is -2.30. The van der Waals surface area contributed by atoms with Crippen LogP contribution in [0.3, 0.4) is 0 Å². The Morgan fingerprint density at radius 2 is 1.00 bits per heavy atom. The molecule has 6 rings (SSSR count). The average Bonchev–Trinajstić information content (AvgIpc) is 3.04. The third-order valence-corrected chi connectivity index (χ3v) is 9.95. The van der Waals surface area contributed by atoms with Crippen LogP contribution in [0.5, 0.6) is 0 Å². The molecule has 52 heavy (non-hydrogen) atoms. The van der Waals surface area contributed by atoms with E-state index >= 15 is 0 Å². The molecule has 20 nitrogen and oxygen atoms in total. The average molecular weight is 813 g/mol. The summed E-state index contributed by atoms with van der Waals surface area (Å²) >= 11 is 2.95. The number of aliphatic hydroxyl groups is 2. The summed E-state index contributed by atoms with van der Waals surface area (Å²) in [6.07, 6.45) is 0. The van der Waals surface area contributed by atoms with Crippen LogP contribution in [-0.2, 0) is 20.2 Å². The molecule has 2 aromatic carbocycles. The fourth-order valence-electron chi connectivity index (χ4n) is 4.22. The summed E-state index contributed by atoms with van der Waals surface area (Å²) in [5.74, 6) is 2.00. The van der Waals surface area contributed by atoms with Crippen molar-refractivity contribution in [3.8, 4) is 0 Å². The maximum absolute atomic E-state index is 12.4. The van der Waals surface area contributed by atoms with E-state index in [4.69, 9.17) is 10.2 Å². The molecule has 4 heterocycles. The predicted molar refractivity (Wildman–Crippen MR) is 191 cm³/mol. The number of anilines is 2. The number of nitrogens with one attached hydrogen (secondary N) is 6. The number of benzene rings is 2. The maximum atomic E-state index is 12.4. The number of guanidine groups is 6. The van der Waals surface area contributed by atoms with Crippen LogP contribution in [0.15, 0.2) is 76.1 Å². The largest absolute Gasteiger partial charge is 1.00 e. The van der Waals surface area contributed by atoms with E-state index in [1.165, 1.54) is 23.5 Å². The molecule has 0 radical (unpaired) electrons.